The van der Waals surface area contributed by atoms with E-state index in [-0.39, 0.29) is 17.6 Å². The van der Waals surface area contributed by atoms with Crippen LogP contribution in [0.15, 0.2) is 72.8 Å². The Bertz CT molecular complexity index is 1330. The van der Waals surface area contributed by atoms with Gasteiger partial charge in [0.2, 0.25) is 0 Å². The lowest BCUT2D eigenvalue weighted by molar-refractivity contribution is 0.0696. The van der Waals surface area contributed by atoms with Crippen molar-refractivity contribution in [1.82, 2.24) is 5.32 Å². The molecule has 0 fully saturated rings. The molecule has 2 N–H and O–H groups in total. The maximum Gasteiger partial charge on any atom is 0.335 e. The highest BCUT2D eigenvalue weighted by Gasteiger charge is 2.13. The Morgan fingerprint density at radius 1 is 1.06 bits per heavy atom. The molecule has 4 nitrogen and oxygen atoms in total. The summed E-state index contributed by atoms with van der Waals surface area (Å²) >= 11 is 0. The molecule has 0 saturated heterocycles. The average Bonchev–Trinajstić information content (AvgIpc) is 2.82. The summed E-state index contributed by atoms with van der Waals surface area (Å²) in [5.74, 6) is -1.09. The lowest BCUT2D eigenvalue weighted by Crippen LogP contribution is -2.18. The fraction of sp³-hybridized carbons (Fsp3) is 0.179. The molecular weight excluding hydrogens is 417 g/mol. The van der Waals surface area contributed by atoms with Crippen molar-refractivity contribution in [2.75, 3.05) is 7.11 Å². The fourth-order valence-electron chi connectivity index (χ4n) is 4.07. The summed E-state index contributed by atoms with van der Waals surface area (Å²) in [5.41, 5.74) is 4.90. The lowest BCUT2D eigenvalue weighted by Gasteiger charge is -2.17. The van der Waals surface area contributed by atoms with Crippen LogP contribution < -0.4 is 10.1 Å². The van der Waals surface area contributed by atoms with Crippen molar-refractivity contribution in [3.63, 3.8) is 0 Å². The predicted molar refractivity (Wildman–Crippen MR) is 129 cm³/mol. The number of hydrogen-bond donors (Lipinski definition) is 2. The molecule has 0 spiro atoms. The van der Waals surface area contributed by atoms with E-state index < -0.39 is 5.97 Å². The Morgan fingerprint density at radius 2 is 1.85 bits per heavy atom. The van der Waals surface area contributed by atoms with Crippen LogP contribution in [0.3, 0.4) is 0 Å². The zero-order chi connectivity index (χ0) is 23.5. The molecule has 1 unspecified atom stereocenters. The van der Waals surface area contributed by atoms with Crippen LogP contribution in [0.5, 0.6) is 5.75 Å². The molecule has 1 atom stereocenters. The van der Waals surface area contributed by atoms with E-state index in [9.17, 15) is 14.3 Å². The van der Waals surface area contributed by atoms with Gasteiger partial charge in [-0.2, -0.15) is 0 Å². The van der Waals surface area contributed by atoms with Gasteiger partial charge in [-0.05, 0) is 82.8 Å². The maximum absolute atomic E-state index is 13.8. The topological polar surface area (TPSA) is 58.6 Å². The molecule has 0 aliphatic rings. The van der Waals surface area contributed by atoms with Gasteiger partial charge < -0.3 is 15.2 Å². The number of halogens is 1. The third kappa shape index (κ3) is 4.73. The zero-order valence-electron chi connectivity index (χ0n) is 18.9. The van der Waals surface area contributed by atoms with E-state index in [1.807, 2.05) is 31.2 Å². The van der Waals surface area contributed by atoms with E-state index in [1.54, 1.807) is 25.1 Å². The monoisotopic (exact) mass is 443 g/mol. The number of aryl methyl sites for hydroxylation is 1. The number of aromatic carboxylic acids is 1. The van der Waals surface area contributed by atoms with Gasteiger partial charge in [-0.3, -0.25) is 0 Å². The van der Waals surface area contributed by atoms with Gasteiger partial charge in [0.05, 0.1) is 12.7 Å². The summed E-state index contributed by atoms with van der Waals surface area (Å²) in [4.78, 5) is 11.7. The molecule has 0 amide bonds. The number of methoxy groups -OCH3 is 1. The summed E-state index contributed by atoms with van der Waals surface area (Å²) in [6, 6.07) is 22.7. The highest BCUT2D eigenvalue weighted by Crippen LogP contribution is 2.32. The summed E-state index contributed by atoms with van der Waals surface area (Å²) in [7, 11) is 1.46. The van der Waals surface area contributed by atoms with Crippen molar-refractivity contribution in [2.45, 2.75) is 26.4 Å². The maximum atomic E-state index is 13.8. The van der Waals surface area contributed by atoms with Crippen molar-refractivity contribution in [1.29, 1.82) is 0 Å². The third-order valence-corrected chi connectivity index (χ3v) is 5.99. The van der Waals surface area contributed by atoms with E-state index in [0.29, 0.717) is 12.1 Å². The van der Waals surface area contributed by atoms with Gasteiger partial charge in [0, 0.05) is 12.6 Å². The third-order valence-electron chi connectivity index (χ3n) is 5.99. The average molecular weight is 444 g/mol. The molecule has 168 valence electrons. The van der Waals surface area contributed by atoms with Crippen molar-refractivity contribution >= 4 is 16.7 Å². The Balaban J connectivity index is 1.67. The van der Waals surface area contributed by atoms with Crippen LogP contribution in [0.2, 0.25) is 0 Å². The summed E-state index contributed by atoms with van der Waals surface area (Å²) in [6.45, 7) is 4.42. The van der Waals surface area contributed by atoms with Gasteiger partial charge in [0.25, 0.3) is 0 Å². The number of carboxylic acids is 1. The van der Waals surface area contributed by atoms with Gasteiger partial charge in [-0.15, -0.1) is 0 Å². The van der Waals surface area contributed by atoms with E-state index in [4.69, 9.17) is 4.74 Å². The molecule has 4 rings (SSSR count). The van der Waals surface area contributed by atoms with E-state index in [1.165, 1.54) is 13.2 Å². The molecular formula is C28H26FNO3. The molecule has 0 aliphatic heterocycles. The van der Waals surface area contributed by atoms with Crippen LogP contribution in [0.1, 0.15) is 40.0 Å². The van der Waals surface area contributed by atoms with Crippen molar-refractivity contribution < 1.29 is 19.0 Å². The van der Waals surface area contributed by atoms with Crippen LogP contribution >= 0.6 is 0 Å². The second kappa shape index (κ2) is 9.43. The van der Waals surface area contributed by atoms with Crippen LogP contribution in [-0.2, 0) is 6.54 Å². The Hall–Kier alpha value is -3.70. The number of carboxylic acid groups (broad SMARTS) is 1. The highest BCUT2D eigenvalue weighted by atomic mass is 19.1. The number of carbonyl (C=O) groups is 1. The number of nitrogens with one attached hydrogen (secondary N) is 1. The molecule has 4 aromatic rings. The highest BCUT2D eigenvalue weighted by molar-refractivity contribution is 5.99. The van der Waals surface area contributed by atoms with Crippen LogP contribution in [0, 0.1) is 12.7 Å². The van der Waals surface area contributed by atoms with E-state index in [2.05, 4.69) is 29.6 Å². The first-order valence-electron chi connectivity index (χ1n) is 10.8. The molecule has 0 heterocycles. The summed E-state index contributed by atoms with van der Waals surface area (Å²) < 4.78 is 18.9. The van der Waals surface area contributed by atoms with Crippen LogP contribution in [0.4, 0.5) is 4.39 Å². The van der Waals surface area contributed by atoms with Crippen molar-refractivity contribution in [3.05, 3.63) is 101 Å². The quantitative estimate of drug-likeness (QED) is 0.342. The van der Waals surface area contributed by atoms with Crippen LogP contribution in [0.25, 0.3) is 21.9 Å². The van der Waals surface area contributed by atoms with Crippen molar-refractivity contribution in [2.24, 2.45) is 0 Å². The molecule has 0 bridgehead atoms. The van der Waals surface area contributed by atoms with Gasteiger partial charge >= 0.3 is 5.97 Å². The minimum Gasteiger partial charge on any atom is -0.494 e. The second-order valence-corrected chi connectivity index (χ2v) is 8.20. The second-order valence-electron chi connectivity index (χ2n) is 8.20. The smallest absolute Gasteiger partial charge is 0.335 e. The Kier molecular flexibility index (Phi) is 6.43. The summed E-state index contributed by atoms with van der Waals surface area (Å²) in [6.07, 6.45) is 0. The number of fused-ring (bicyclic) bond motifs is 1. The van der Waals surface area contributed by atoms with E-state index in [0.717, 1.165) is 38.6 Å². The first-order valence-corrected chi connectivity index (χ1v) is 10.8. The first-order chi connectivity index (χ1) is 15.9. The predicted octanol–water partition coefficient (Wildman–Crippen LogP) is 6.51. The number of ether oxygens (including phenoxy) is 1. The summed E-state index contributed by atoms with van der Waals surface area (Å²) in [5, 5.41) is 15.2. The number of benzene rings is 4. The van der Waals surface area contributed by atoms with Crippen LogP contribution in [-0.4, -0.2) is 18.2 Å². The standard InChI is InChI=1S/C28H26FNO3/c1-17-8-9-22(14-24(17)28(31)32)25-13-19(12-21-6-4-5-7-23(21)25)16-30-18(2)20-10-11-26(29)27(15-20)33-3/h4-15,18,30H,16H2,1-3H3,(H,31,32). The molecule has 33 heavy (non-hydrogen) atoms. The van der Waals surface area contributed by atoms with Crippen molar-refractivity contribution in [3.8, 4) is 16.9 Å². The number of hydrogen-bond acceptors (Lipinski definition) is 3. The largest absolute Gasteiger partial charge is 0.494 e. The molecule has 0 saturated carbocycles. The molecule has 4 aromatic carbocycles. The van der Waals surface area contributed by atoms with Gasteiger partial charge in [0.1, 0.15) is 0 Å². The molecule has 0 aliphatic carbocycles. The fourth-order valence-corrected chi connectivity index (χ4v) is 4.07. The Morgan fingerprint density at radius 3 is 2.61 bits per heavy atom. The van der Waals surface area contributed by atoms with E-state index >= 15 is 0 Å². The van der Waals surface area contributed by atoms with Gasteiger partial charge in [0.15, 0.2) is 11.6 Å². The minimum atomic E-state index is -0.931. The van der Waals surface area contributed by atoms with Gasteiger partial charge in [-0.1, -0.05) is 42.5 Å². The Labute approximate surface area is 192 Å². The normalized spacial score (nSPS) is 12.0. The molecule has 5 heteroatoms. The SMILES string of the molecule is COc1cc(C(C)NCc2cc(-c3ccc(C)c(C(=O)O)c3)c3ccccc3c2)ccc1F. The van der Waals surface area contributed by atoms with Gasteiger partial charge in [-0.25, -0.2) is 9.18 Å². The number of rotatable bonds is 7. The molecule has 0 aromatic heterocycles. The lowest BCUT2D eigenvalue weighted by atomic mass is 9.93. The first kappa shape index (κ1) is 22.5. The zero-order valence-corrected chi connectivity index (χ0v) is 18.9. The minimum absolute atomic E-state index is 0.0209. The molecule has 0 radical (unpaired) electrons.